The first-order valence-electron chi connectivity index (χ1n) is 7.98. The summed E-state index contributed by atoms with van der Waals surface area (Å²) in [6, 6.07) is 3.98. The van der Waals surface area contributed by atoms with Gasteiger partial charge in [-0.2, -0.15) is 0 Å². The van der Waals surface area contributed by atoms with Crippen LogP contribution in [-0.2, 0) is 24.2 Å². The third-order valence-corrected chi connectivity index (χ3v) is 5.05. The van der Waals surface area contributed by atoms with Gasteiger partial charge in [-0.05, 0) is 25.5 Å². The van der Waals surface area contributed by atoms with Crippen LogP contribution in [0, 0.1) is 6.92 Å². The molecule has 124 valence electrons. The predicted molar refractivity (Wildman–Crippen MR) is 90.7 cm³/mol. The number of nitrogens with one attached hydrogen (secondary N) is 1. The number of rotatable bonds is 4. The molecule has 7 heteroatoms. The van der Waals surface area contributed by atoms with Crippen LogP contribution in [0.3, 0.4) is 0 Å². The number of carbonyl (C=O) groups is 1. The molecular formula is C17H18N4O2S. The Hall–Kier alpha value is -2.41. The summed E-state index contributed by atoms with van der Waals surface area (Å²) in [7, 11) is 0. The van der Waals surface area contributed by atoms with Crippen molar-refractivity contribution < 1.29 is 9.21 Å². The van der Waals surface area contributed by atoms with Crippen LogP contribution in [-0.4, -0.2) is 26.5 Å². The van der Waals surface area contributed by atoms with Crippen LogP contribution in [0.2, 0.25) is 0 Å². The number of hydrogen-bond donors (Lipinski definition) is 1. The maximum absolute atomic E-state index is 12.3. The van der Waals surface area contributed by atoms with Gasteiger partial charge in [0.1, 0.15) is 11.6 Å². The lowest BCUT2D eigenvalue weighted by atomic mass is 10.1. The lowest BCUT2D eigenvalue weighted by Gasteiger charge is -2.24. The molecule has 24 heavy (non-hydrogen) atoms. The molecule has 0 fully saturated rings. The van der Waals surface area contributed by atoms with Crippen molar-refractivity contribution in [2.75, 3.05) is 0 Å². The number of nitrogens with zero attached hydrogens (tertiary/aromatic N) is 3. The monoisotopic (exact) mass is 342 g/mol. The van der Waals surface area contributed by atoms with E-state index >= 15 is 0 Å². The molecule has 0 spiro atoms. The fraction of sp³-hybridized carbons (Fsp3) is 0.353. The lowest BCUT2D eigenvalue weighted by molar-refractivity contribution is -0.121. The summed E-state index contributed by atoms with van der Waals surface area (Å²) in [6.45, 7) is 2.69. The van der Waals surface area contributed by atoms with Gasteiger partial charge in [-0.3, -0.25) is 4.79 Å². The van der Waals surface area contributed by atoms with Gasteiger partial charge < -0.3 is 14.3 Å². The summed E-state index contributed by atoms with van der Waals surface area (Å²) in [4.78, 5) is 21.1. The Kier molecular flexibility index (Phi) is 3.93. The number of imidazole rings is 1. The Balaban J connectivity index is 1.36. The van der Waals surface area contributed by atoms with Crippen molar-refractivity contribution in [3.05, 3.63) is 47.2 Å². The minimum atomic E-state index is 0.0102. The molecule has 3 aromatic rings. The van der Waals surface area contributed by atoms with E-state index in [0.29, 0.717) is 6.42 Å². The van der Waals surface area contributed by atoms with Crippen LogP contribution in [0.1, 0.15) is 23.7 Å². The molecule has 4 heterocycles. The summed E-state index contributed by atoms with van der Waals surface area (Å²) in [5, 5.41) is 5.83. The topological polar surface area (TPSA) is 73.0 Å². The molecule has 0 aliphatic carbocycles. The number of furan rings is 1. The van der Waals surface area contributed by atoms with Gasteiger partial charge in [0.15, 0.2) is 10.8 Å². The first-order valence-corrected chi connectivity index (χ1v) is 8.86. The van der Waals surface area contributed by atoms with E-state index in [1.54, 1.807) is 0 Å². The van der Waals surface area contributed by atoms with Gasteiger partial charge >= 0.3 is 0 Å². The van der Waals surface area contributed by atoms with E-state index in [9.17, 15) is 4.79 Å². The van der Waals surface area contributed by atoms with Crippen molar-refractivity contribution in [3.8, 4) is 10.8 Å². The summed E-state index contributed by atoms with van der Waals surface area (Å²) in [6.07, 6.45) is 5.90. The van der Waals surface area contributed by atoms with Crippen LogP contribution in [0.25, 0.3) is 10.8 Å². The van der Waals surface area contributed by atoms with E-state index in [-0.39, 0.29) is 11.9 Å². The quantitative estimate of drug-likeness (QED) is 0.791. The molecule has 6 nitrogen and oxygen atoms in total. The fourth-order valence-corrected chi connectivity index (χ4v) is 3.76. The third kappa shape index (κ3) is 3.12. The number of aryl methyl sites for hydroxylation is 2. The Morgan fingerprint density at radius 3 is 3.25 bits per heavy atom. The van der Waals surface area contributed by atoms with Crippen molar-refractivity contribution in [2.45, 2.75) is 38.8 Å². The van der Waals surface area contributed by atoms with Gasteiger partial charge in [-0.1, -0.05) is 0 Å². The van der Waals surface area contributed by atoms with Crippen molar-refractivity contribution in [2.24, 2.45) is 0 Å². The van der Waals surface area contributed by atoms with Crippen LogP contribution < -0.4 is 5.32 Å². The molecule has 0 saturated heterocycles. The summed E-state index contributed by atoms with van der Waals surface area (Å²) in [5.41, 5.74) is 0.778. The highest BCUT2D eigenvalue weighted by atomic mass is 32.1. The lowest BCUT2D eigenvalue weighted by Crippen LogP contribution is -2.41. The molecule has 3 aromatic heterocycles. The smallest absolute Gasteiger partial charge is 0.226 e. The molecule has 1 unspecified atom stereocenters. The molecule has 1 amide bonds. The molecule has 4 rings (SSSR count). The van der Waals surface area contributed by atoms with Crippen LogP contribution in [0.15, 0.2) is 34.3 Å². The summed E-state index contributed by atoms with van der Waals surface area (Å²) < 4.78 is 7.68. The number of carbonyl (C=O) groups excluding carboxylic acids is 1. The van der Waals surface area contributed by atoms with Crippen LogP contribution >= 0.6 is 11.3 Å². The highest BCUT2D eigenvalue weighted by Gasteiger charge is 2.21. The zero-order valence-electron chi connectivity index (χ0n) is 13.4. The van der Waals surface area contributed by atoms with E-state index in [4.69, 9.17) is 4.42 Å². The minimum Gasteiger partial charge on any atom is -0.459 e. The molecule has 0 radical (unpaired) electrons. The number of thiazole rings is 1. The van der Waals surface area contributed by atoms with E-state index in [0.717, 1.165) is 47.4 Å². The SMILES string of the molecule is Cc1ccc(-c2nc(CC(=O)NC3CCc4nccn4C3)cs2)o1. The summed E-state index contributed by atoms with van der Waals surface area (Å²) >= 11 is 1.50. The molecule has 1 aliphatic rings. The highest BCUT2D eigenvalue weighted by Crippen LogP contribution is 2.25. The van der Waals surface area contributed by atoms with E-state index in [1.165, 1.54) is 11.3 Å². The van der Waals surface area contributed by atoms with Gasteiger partial charge in [-0.25, -0.2) is 9.97 Å². The average Bonchev–Trinajstić information content (AvgIpc) is 3.27. The average molecular weight is 342 g/mol. The first kappa shape index (κ1) is 15.1. The van der Waals surface area contributed by atoms with E-state index < -0.39 is 0 Å². The second-order valence-corrected chi connectivity index (χ2v) is 6.89. The van der Waals surface area contributed by atoms with Gasteiger partial charge in [0, 0.05) is 36.8 Å². The first-order chi connectivity index (χ1) is 11.7. The Morgan fingerprint density at radius 1 is 1.50 bits per heavy atom. The number of fused-ring (bicyclic) bond motifs is 1. The second-order valence-electron chi connectivity index (χ2n) is 6.03. The molecule has 1 N–H and O–H groups in total. The zero-order valence-corrected chi connectivity index (χ0v) is 14.2. The number of amides is 1. The predicted octanol–water partition coefficient (Wildman–Crippen LogP) is 2.58. The van der Waals surface area contributed by atoms with Crippen LogP contribution in [0.4, 0.5) is 0 Å². The molecule has 1 aliphatic heterocycles. The molecular weight excluding hydrogens is 324 g/mol. The van der Waals surface area contributed by atoms with Crippen molar-refractivity contribution >= 4 is 17.2 Å². The maximum Gasteiger partial charge on any atom is 0.226 e. The molecule has 1 atom stereocenters. The van der Waals surface area contributed by atoms with Crippen LogP contribution in [0.5, 0.6) is 0 Å². The van der Waals surface area contributed by atoms with Gasteiger partial charge in [0.25, 0.3) is 0 Å². The fourth-order valence-electron chi connectivity index (χ4n) is 2.98. The zero-order chi connectivity index (χ0) is 16.5. The minimum absolute atomic E-state index is 0.0102. The second kappa shape index (κ2) is 6.24. The Morgan fingerprint density at radius 2 is 2.42 bits per heavy atom. The van der Waals surface area contributed by atoms with Gasteiger partial charge in [0.05, 0.1) is 12.1 Å². The van der Waals surface area contributed by atoms with Crippen molar-refractivity contribution in [1.29, 1.82) is 0 Å². The summed E-state index contributed by atoms with van der Waals surface area (Å²) in [5.74, 6) is 2.72. The number of hydrogen-bond acceptors (Lipinski definition) is 5. The molecule has 0 saturated carbocycles. The van der Waals surface area contributed by atoms with E-state index in [2.05, 4.69) is 19.9 Å². The standard InChI is InChI=1S/C17H18N4O2S/c1-11-2-4-14(23-11)17-20-13(10-24-17)8-16(22)19-12-3-5-15-18-6-7-21(15)9-12/h2,4,6-7,10,12H,3,5,8-9H2,1H3,(H,19,22). The largest absolute Gasteiger partial charge is 0.459 e. The third-order valence-electron chi connectivity index (χ3n) is 4.14. The van der Waals surface area contributed by atoms with Gasteiger partial charge in [0.2, 0.25) is 5.91 Å². The maximum atomic E-state index is 12.3. The van der Waals surface area contributed by atoms with Crippen molar-refractivity contribution in [3.63, 3.8) is 0 Å². The Bertz CT molecular complexity index is 863. The van der Waals surface area contributed by atoms with Crippen molar-refractivity contribution in [1.82, 2.24) is 19.9 Å². The van der Waals surface area contributed by atoms with Gasteiger partial charge in [-0.15, -0.1) is 11.3 Å². The number of aromatic nitrogens is 3. The normalized spacial score (nSPS) is 16.8. The highest BCUT2D eigenvalue weighted by molar-refractivity contribution is 7.13. The van der Waals surface area contributed by atoms with E-state index in [1.807, 2.05) is 36.8 Å². The Labute approximate surface area is 143 Å². The molecule has 0 bridgehead atoms. The molecule has 0 aromatic carbocycles.